The minimum absolute atomic E-state index is 0.0875. The number of benzene rings is 1. The third-order valence-electron chi connectivity index (χ3n) is 2.93. The second-order valence-corrected chi connectivity index (χ2v) is 7.01. The van der Waals surface area contributed by atoms with Crippen molar-refractivity contribution in [1.29, 1.82) is 0 Å². The molecule has 20 heavy (non-hydrogen) atoms. The van der Waals surface area contributed by atoms with E-state index in [1.807, 2.05) is 0 Å². The van der Waals surface area contributed by atoms with Crippen molar-refractivity contribution in [3.8, 4) is 0 Å². The summed E-state index contributed by atoms with van der Waals surface area (Å²) in [7, 11) is -4.67. The van der Waals surface area contributed by atoms with Crippen LogP contribution in [-0.4, -0.2) is 20.1 Å². The molecule has 0 atom stereocenters. The average molecular weight is 377 g/mol. The van der Waals surface area contributed by atoms with Crippen LogP contribution < -0.4 is 10.5 Å². The molecular formula is C10H9BrF4N2O2S. The topological polar surface area (TPSA) is 72.2 Å². The number of nitrogen functional groups attached to an aromatic ring is 1. The molecule has 112 valence electrons. The maximum Gasteiger partial charge on any atom is 0.407 e. The van der Waals surface area contributed by atoms with Gasteiger partial charge in [0.25, 0.3) is 0 Å². The van der Waals surface area contributed by atoms with Crippen molar-refractivity contribution in [2.45, 2.75) is 29.5 Å². The fourth-order valence-corrected chi connectivity index (χ4v) is 3.85. The van der Waals surface area contributed by atoms with Gasteiger partial charge in [-0.15, -0.1) is 0 Å². The van der Waals surface area contributed by atoms with Crippen molar-refractivity contribution in [1.82, 2.24) is 4.72 Å². The van der Waals surface area contributed by atoms with Crippen molar-refractivity contribution in [2.24, 2.45) is 0 Å². The van der Waals surface area contributed by atoms with Crippen LogP contribution in [0.15, 0.2) is 21.5 Å². The van der Waals surface area contributed by atoms with E-state index in [1.54, 1.807) is 0 Å². The number of sulfonamides is 1. The molecule has 2 rings (SSSR count). The van der Waals surface area contributed by atoms with Crippen molar-refractivity contribution < 1.29 is 26.0 Å². The molecule has 0 bridgehead atoms. The van der Waals surface area contributed by atoms with Crippen LogP contribution in [-0.2, 0) is 10.0 Å². The van der Waals surface area contributed by atoms with Gasteiger partial charge in [-0.2, -0.15) is 17.9 Å². The van der Waals surface area contributed by atoms with E-state index in [4.69, 9.17) is 5.73 Å². The van der Waals surface area contributed by atoms with Crippen molar-refractivity contribution >= 4 is 31.6 Å². The lowest BCUT2D eigenvalue weighted by Crippen LogP contribution is -2.47. The quantitative estimate of drug-likeness (QED) is 0.628. The summed E-state index contributed by atoms with van der Waals surface area (Å²) in [4.78, 5) is -0.917. The number of nitrogens with two attached hydrogens (primary N) is 1. The molecule has 0 aromatic heterocycles. The first-order chi connectivity index (χ1) is 8.98. The Hall–Kier alpha value is -0.870. The van der Waals surface area contributed by atoms with Gasteiger partial charge in [-0.1, -0.05) is 0 Å². The number of halogens is 5. The monoisotopic (exact) mass is 376 g/mol. The zero-order valence-electron chi connectivity index (χ0n) is 9.76. The second kappa shape index (κ2) is 4.57. The van der Waals surface area contributed by atoms with E-state index in [9.17, 15) is 26.0 Å². The van der Waals surface area contributed by atoms with Gasteiger partial charge in [-0.25, -0.2) is 12.8 Å². The highest BCUT2D eigenvalue weighted by Crippen LogP contribution is 2.49. The molecule has 1 aromatic carbocycles. The van der Waals surface area contributed by atoms with E-state index < -0.39 is 32.5 Å². The molecule has 0 aliphatic heterocycles. The number of alkyl halides is 3. The SMILES string of the molecule is Nc1cc(Br)c(F)c(S(=O)(=O)NC2(C(F)(F)F)CC2)c1. The summed E-state index contributed by atoms with van der Waals surface area (Å²) in [6.45, 7) is 0. The van der Waals surface area contributed by atoms with Crippen molar-refractivity contribution in [3.05, 3.63) is 22.4 Å². The highest BCUT2D eigenvalue weighted by molar-refractivity contribution is 9.10. The van der Waals surface area contributed by atoms with Crippen LogP contribution in [0.4, 0.5) is 23.2 Å². The number of rotatable bonds is 3. The predicted octanol–water partition coefficient (Wildman–Crippen LogP) is 2.54. The lowest BCUT2D eigenvalue weighted by atomic mass is 10.3. The van der Waals surface area contributed by atoms with Gasteiger partial charge in [0.2, 0.25) is 10.0 Å². The summed E-state index contributed by atoms with van der Waals surface area (Å²) in [5.74, 6) is -1.19. The van der Waals surface area contributed by atoms with E-state index >= 15 is 0 Å². The summed E-state index contributed by atoms with van der Waals surface area (Å²) < 4.78 is 77.2. The second-order valence-electron chi connectivity index (χ2n) is 4.50. The molecule has 10 heteroatoms. The molecule has 0 heterocycles. The van der Waals surface area contributed by atoms with Gasteiger partial charge in [-0.05, 0) is 40.9 Å². The Labute approximate surface area is 120 Å². The summed E-state index contributed by atoms with van der Waals surface area (Å²) in [5, 5.41) is 0. The smallest absolute Gasteiger partial charge is 0.399 e. The largest absolute Gasteiger partial charge is 0.407 e. The first-order valence-corrected chi connectivity index (χ1v) is 7.61. The molecule has 1 aliphatic rings. The lowest BCUT2D eigenvalue weighted by molar-refractivity contribution is -0.160. The molecular weight excluding hydrogens is 368 g/mol. The molecule has 4 nitrogen and oxygen atoms in total. The Balaban J connectivity index is 2.43. The molecule has 0 radical (unpaired) electrons. The van der Waals surface area contributed by atoms with E-state index in [1.165, 1.54) is 4.72 Å². The summed E-state index contributed by atoms with van der Waals surface area (Å²) >= 11 is 2.75. The fourth-order valence-electron chi connectivity index (χ4n) is 1.66. The lowest BCUT2D eigenvalue weighted by Gasteiger charge is -2.21. The normalized spacial score (nSPS) is 18.1. The molecule has 0 spiro atoms. The zero-order chi connectivity index (χ0) is 15.3. The maximum atomic E-state index is 13.8. The number of anilines is 1. The highest BCUT2D eigenvalue weighted by atomic mass is 79.9. The molecule has 1 fully saturated rings. The van der Waals surface area contributed by atoms with Gasteiger partial charge >= 0.3 is 6.18 Å². The van der Waals surface area contributed by atoms with E-state index in [2.05, 4.69) is 15.9 Å². The van der Waals surface area contributed by atoms with E-state index in [-0.39, 0.29) is 23.0 Å². The molecule has 0 unspecified atom stereocenters. The van der Waals surface area contributed by atoms with Crippen LogP contribution in [0.3, 0.4) is 0 Å². The standard InChI is InChI=1S/C10H9BrF4N2O2S/c11-6-3-5(16)4-7(8(6)12)20(18,19)17-9(1-2-9)10(13,14)15/h3-4,17H,1-2,16H2. The van der Waals surface area contributed by atoms with Gasteiger partial charge in [0.1, 0.15) is 10.4 Å². The number of hydrogen-bond donors (Lipinski definition) is 2. The Bertz CT molecular complexity index is 656. The van der Waals surface area contributed by atoms with Crippen LogP contribution in [0.25, 0.3) is 0 Å². The van der Waals surface area contributed by atoms with Crippen LogP contribution in [0, 0.1) is 5.82 Å². The van der Waals surface area contributed by atoms with Crippen molar-refractivity contribution in [3.63, 3.8) is 0 Å². The van der Waals surface area contributed by atoms with E-state index in [0.29, 0.717) is 0 Å². The highest BCUT2D eigenvalue weighted by Gasteiger charge is 2.65. The summed E-state index contributed by atoms with van der Waals surface area (Å²) in [6.07, 6.45) is -5.48. The zero-order valence-corrected chi connectivity index (χ0v) is 12.2. The molecule has 1 saturated carbocycles. The maximum absolute atomic E-state index is 13.8. The molecule has 0 amide bonds. The third-order valence-corrected chi connectivity index (χ3v) is 5.04. The predicted molar refractivity (Wildman–Crippen MR) is 66.9 cm³/mol. The minimum atomic E-state index is -4.73. The van der Waals surface area contributed by atoms with Crippen molar-refractivity contribution in [2.75, 3.05) is 5.73 Å². The van der Waals surface area contributed by atoms with Gasteiger partial charge in [-0.3, -0.25) is 0 Å². The van der Waals surface area contributed by atoms with Gasteiger partial charge in [0.15, 0.2) is 5.82 Å². The Kier molecular flexibility index (Phi) is 3.54. The van der Waals surface area contributed by atoms with Crippen LogP contribution in [0.1, 0.15) is 12.8 Å². The van der Waals surface area contributed by atoms with Gasteiger partial charge < -0.3 is 5.73 Å². The Morgan fingerprint density at radius 1 is 1.30 bits per heavy atom. The number of nitrogens with one attached hydrogen (secondary N) is 1. The average Bonchev–Trinajstić information content (AvgIpc) is 3.02. The van der Waals surface area contributed by atoms with Gasteiger partial charge in [0.05, 0.1) is 4.47 Å². The Morgan fingerprint density at radius 3 is 2.30 bits per heavy atom. The van der Waals surface area contributed by atoms with Crippen LogP contribution in [0.5, 0.6) is 0 Å². The minimum Gasteiger partial charge on any atom is -0.399 e. The fraction of sp³-hybridized carbons (Fsp3) is 0.400. The van der Waals surface area contributed by atoms with Crippen LogP contribution >= 0.6 is 15.9 Å². The van der Waals surface area contributed by atoms with Crippen LogP contribution in [0.2, 0.25) is 0 Å². The van der Waals surface area contributed by atoms with Gasteiger partial charge in [0, 0.05) is 5.69 Å². The first-order valence-electron chi connectivity index (χ1n) is 5.34. The summed E-state index contributed by atoms with van der Waals surface area (Å²) in [6, 6.07) is 1.89. The molecule has 0 saturated heterocycles. The molecule has 3 N–H and O–H groups in total. The van der Waals surface area contributed by atoms with E-state index in [0.717, 1.165) is 12.1 Å². The Morgan fingerprint density at radius 2 is 1.85 bits per heavy atom. The number of hydrogen-bond acceptors (Lipinski definition) is 3. The molecule has 1 aliphatic carbocycles. The third kappa shape index (κ3) is 2.63. The first kappa shape index (κ1) is 15.5. The summed E-state index contributed by atoms with van der Waals surface area (Å²) in [5.41, 5.74) is 2.79. The molecule has 1 aromatic rings.